The average Bonchev–Trinajstić information content (AvgIpc) is 2.24. The van der Waals surface area contributed by atoms with Crippen molar-refractivity contribution < 1.29 is 7.66 Å². The second-order valence-electron chi connectivity index (χ2n) is 1.50. The van der Waals surface area contributed by atoms with Crippen LogP contribution >= 0.6 is 0 Å². The molecule has 0 spiro atoms. The predicted molar refractivity (Wildman–Crippen MR) is 51.2 cm³/mol. The Kier molecular flexibility index (Phi) is 5.61. The molecule has 3 heteroatoms. The Labute approximate surface area is 76.0 Å². The van der Waals surface area contributed by atoms with E-state index in [4.69, 9.17) is 2.74 Å². The molecule has 0 aliphatic heterocycles. The molecular weight excluding hydrogens is 154 g/mol. The van der Waals surface area contributed by atoms with E-state index in [1.807, 2.05) is 13.8 Å². The van der Waals surface area contributed by atoms with E-state index in [1.165, 1.54) is 25.6 Å². The number of nitro benzene ring substituents is 1. The third-order valence-electron chi connectivity index (χ3n) is 0.889. The molecule has 0 aromatic heterocycles. The van der Waals surface area contributed by atoms with Crippen molar-refractivity contribution in [2.45, 2.75) is 21.3 Å². The Hall–Kier alpha value is -1.38. The molecule has 0 amide bonds. The quantitative estimate of drug-likeness (QED) is 0.483. The van der Waals surface area contributed by atoms with E-state index in [1.54, 1.807) is 6.07 Å². The predicted octanol–water partition coefficient (Wildman–Crippen LogP) is 3.26. The van der Waals surface area contributed by atoms with Crippen LogP contribution in [0.5, 0.6) is 0 Å². The number of nitrogens with zero attached hydrogens (tertiary/aromatic N) is 1. The maximum Gasteiger partial charge on any atom is 0.269 e. The van der Waals surface area contributed by atoms with Gasteiger partial charge in [-0.05, 0) is 0 Å². The van der Waals surface area contributed by atoms with Gasteiger partial charge in [0.2, 0.25) is 0 Å². The Morgan fingerprint density at radius 3 is 2.42 bits per heavy atom. The highest BCUT2D eigenvalue weighted by atomic mass is 16.6. The number of nitro groups is 1. The average molecular weight is 173 g/mol. The third-order valence-corrected chi connectivity index (χ3v) is 0.889. The summed E-state index contributed by atoms with van der Waals surface area (Å²) in [5.74, 6) is 0. The Bertz CT molecular complexity index is 267. The molecule has 0 heterocycles. The van der Waals surface area contributed by atoms with Crippen molar-refractivity contribution in [3.05, 3.63) is 40.4 Å². The summed E-state index contributed by atoms with van der Waals surface area (Å²) in [5, 5.41) is 10.1. The van der Waals surface area contributed by atoms with E-state index in [0.29, 0.717) is 0 Å². The highest BCUT2D eigenvalue weighted by Gasteiger charge is 1.98. The zero-order valence-corrected chi connectivity index (χ0v) is 7.57. The van der Waals surface area contributed by atoms with Crippen molar-refractivity contribution in [2.24, 2.45) is 0 Å². The monoisotopic (exact) mass is 173 g/mol. The van der Waals surface area contributed by atoms with Gasteiger partial charge in [0.1, 0.15) is 0 Å². The van der Waals surface area contributed by atoms with Gasteiger partial charge in [-0.3, -0.25) is 10.1 Å². The molecule has 0 fully saturated rings. The lowest BCUT2D eigenvalue weighted by Gasteiger charge is -1.85. The van der Waals surface area contributed by atoms with Gasteiger partial charge in [0.05, 0.1) is 6.29 Å². The highest BCUT2D eigenvalue weighted by Crippen LogP contribution is 2.06. The molecule has 0 atom stereocenters. The SMILES string of the molecule is CC.[3H]C.[3H]c1ccccc1[N+](=O)[O-]. The zero-order valence-electron chi connectivity index (χ0n) is 9.57. The minimum Gasteiger partial charge on any atom is -0.258 e. The molecule has 0 saturated heterocycles. The first-order valence-electron chi connectivity index (χ1n) is 4.92. The molecule has 1 aromatic rings. The normalized spacial score (nSPS) is 8.92. The number of rotatable bonds is 1. The van der Waals surface area contributed by atoms with E-state index < -0.39 is 4.92 Å². The van der Waals surface area contributed by atoms with Gasteiger partial charge in [0.25, 0.3) is 5.69 Å². The van der Waals surface area contributed by atoms with Gasteiger partial charge in [0.15, 0.2) is 0 Å². The summed E-state index contributed by atoms with van der Waals surface area (Å²) in [6.45, 7) is 4.00. The number of hydrogen-bond donors (Lipinski definition) is 0. The van der Waals surface area contributed by atoms with Crippen molar-refractivity contribution in [3.63, 3.8) is 0 Å². The zero-order chi connectivity index (χ0) is 11.6. The number of hydrogen-bond acceptors (Lipinski definition) is 2. The minimum atomic E-state index is -0.567. The van der Waals surface area contributed by atoms with Crippen LogP contribution in [-0.2, 0) is 0 Å². The van der Waals surface area contributed by atoms with Crippen LogP contribution in [-0.4, -0.2) is 4.92 Å². The lowest BCUT2D eigenvalue weighted by Crippen LogP contribution is -1.84. The maximum atomic E-state index is 10.1. The second kappa shape index (κ2) is 7.72. The van der Waals surface area contributed by atoms with E-state index in [0.717, 1.165) is 0 Å². The minimum absolute atomic E-state index is 0.0486. The molecule has 0 saturated carbocycles. The highest BCUT2D eigenvalue weighted by molar-refractivity contribution is 5.27. The molecule has 3 nitrogen and oxygen atoms in total. The fraction of sp³-hybridized carbons (Fsp3) is 0.333. The fourth-order valence-electron chi connectivity index (χ4n) is 0.497. The van der Waals surface area contributed by atoms with Gasteiger partial charge in [-0.2, -0.15) is 0 Å². The lowest BCUT2D eigenvalue weighted by atomic mass is 10.3. The van der Waals surface area contributed by atoms with Gasteiger partial charge in [-0.25, -0.2) is 0 Å². The van der Waals surface area contributed by atoms with Crippen LogP contribution in [0, 0.1) is 10.1 Å². The summed E-state index contributed by atoms with van der Waals surface area (Å²) >= 11 is 0. The Morgan fingerprint density at radius 2 is 2.08 bits per heavy atom. The summed E-state index contributed by atoms with van der Waals surface area (Å²) in [5.41, 5.74) is -0.150. The molecule has 0 aliphatic rings. The smallest absolute Gasteiger partial charge is 0.258 e. The van der Waals surface area contributed by atoms with Crippen LogP contribution in [0.3, 0.4) is 0 Å². The molecule has 0 unspecified atom stereocenters. The maximum absolute atomic E-state index is 10.1. The van der Waals surface area contributed by atoms with Crippen LogP contribution in [0.4, 0.5) is 5.69 Å². The topological polar surface area (TPSA) is 43.1 Å². The van der Waals surface area contributed by atoms with E-state index in [-0.39, 0.29) is 11.7 Å². The summed E-state index contributed by atoms with van der Waals surface area (Å²) in [7, 11) is 1.25. The molecule has 0 radical (unpaired) electrons. The summed E-state index contributed by atoms with van der Waals surface area (Å²) in [6.07, 6.45) is 0. The van der Waals surface area contributed by atoms with Gasteiger partial charge in [-0.15, -0.1) is 0 Å². The number of para-hydroxylation sites is 1. The summed E-state index contributed by atoms with van der Waals surface area (Å²) < 4.78 is 12.8. The van der Waals surface area contributed by atoms with Gasteiger partial charge >= 0.3 is 0 Å². The van der Waals surface area contributed by atoms with Gasteiger partial charge in [0, 0.05) is 13.5 Å². The van der Waals surface area contributed by atoms with Crippen LogP contribution in [0.25, 0.3) is 0 Å². The van der Waals surface area contributed by atoms with Crippen molar-refractivity contribution >= 4 is 5.69 Å². The first-order valence-corrected chi connectivity index (χ1v) is 3.42. The fourth-order valence-corrected chi connectivity index (χ4v) is 0.497. The first kappa shape index (κ1) is 8.71. The van der Waals surface area contributed by atoms with Gasteiger partial charge in [-0.1, -0.05) is 39.4 Å². The van der Waals surface area contributed by atoms with Crippen molar-refractivity contribution in [3.8, 4) is 0 Å². The molecule has 1 rings (SSSR count). The standard InChI is InChI=1S/C6H5NO2.C2H6.CH4/c8-7(9)6-4-2-1-3-5-6;1-2;/h1-5H;1-2H3;1H4/i4T;;1T. The molecule has 12 heavy (non-hydrogen) atoms. The largest absolute Gasteiger partial charge is 0.269 e. The molecule has 1 aromatic carbocycles. The Morgan fingerprint density at radius 1 is 1.50 bits per heavy atom. The molecular formula is C9H15NO2. The lowest BCUT2D eigenvalue weighted by molar-refractivity contribution is -0.384. The van der Waals surface area contributed by atoms with Crippen molar-refractivity contribution in [2.75, 3.05) is 0 Å². The summed E-state index contributed by atoms with van der Waals surface area (Å²) in [6, 6.07) is 5.78. The molecule has 68 valence electrons. The van der Waals surface area contributed by atoms with Crippen LogP contribution in [0.2, 0.25) is 0 Å². The molecule has 0 N–H and O–H groups in total. The van der Waals surface area contributed by atoms with E-state index in [9.17, 15) is 10.1 Å². The van der Waals surface area contributed by atoms with E-state index >= 15 is 0 Å². The Balaban J connectivity index is 0. The summed E-state index contributed by atoms with van der Waals surface area (Å²) in [4.78, 5) is 9.54. The van der Waals surface area contributed by atoms with E-state index in [2.05, 4.69) is 0 Å². The van der Waals surface area contributed by atoms with Crippen LogP contribution in [0.15, 0.2) is 30.3 Å². The van der Waals surface area contributed by atoms with Crippen LogP contribution < -0.4 is 0 Å². The number of benzene rings is 1. The van der Waals surface area contributed by atoms with Gasteiger partial charge < -0.3 is 0 Å². The van der Waals surface area contributed by atoms with Crippen LogP contribution in [0.1, 0.15) is 24.0 Å². The third kappa shape index (κ3) is 4.44. The van der Waals surface area contributed by atoms with Crippen molar-refractivity contribution in [1.29, 1.82) is 0 Å². The first-order chi connectivity index (χ1) is 6.72. The molecule has 0 bridgehead atoms. The second-order valence-corrected chi connectivity index (χ2v) is 1.50. The molecule has 0 aliphatic carbocycles. The van der Waals surface area contributed by atoms with Crippen molar-refractivity contribution in [1.82, 2.24) is 0 Å².